The summed E-state index contributed by atoms with van der Waals surface area (Å²) in [5.74, 6) is -0.987. The number of nitriles is 1. The molecule has 0 heterocycles. The number of halogens is 1. The molecule has 5 nitrogen and oxygen atoms in total. The summed E-state index contributed by atoms with van der Waals surface area (Å²) in [5.41, 5.74) is 3.03. The Morgan fingerprint density at radius 2 is 2.13 bits per heavy atom. The van der Waals surface area contributed by atoms with Crippen molar-refractivity contribution < 1.29 is 9.18 Å². The number of nitrogens with one attached hydrogen (secondary N) is 2. The molecule has 76 valence electrons. The summed E-state index contributed by atoms with van der Waals surface area (Å²) in [6, 6.07) is 5.45. The number of benzene rings is 1. The predicted octanol–water partition coefficient (Wildman–Crippen LogP) is 0.821. The average Bonchev–Trinajstić information content (AvgIpc) is 2.21. The van der Waals surface area contributed by atoms with Gasteiger partial charge in [0.05, 0.1) is 5.69 Å². The molecule has 0 fully saturated rings. The van der Waals surface area contributed by atoms with Crippen molar-refractivity contribution in [3.8, 4) is 6.19 Å². The topological polar surface area (TPSA) is 77.3 Å². The molecule has 0 aliphatic heterocycles. The zero-order chi connectivity index (χ0) is 11.1. The van der Waals surface area contributed by atoms with Crippen LogP contribution in [0.25, 0.3) is 0 Å². The summed E-state index contributed by atoms with van der Waals surface area (Å²) in [6.07, 6.45) is 2.36. The van der Waals surface area contributed by atoms with Crippen molar-refractivity contribution in [3.05, 3.63) is 30.1 Å². The summed E-state index contributed by atoms with van der Waals surface area (Å²) in [5, 5.41) is 13.5. The summed E-state index contributed by atoms with van der Waals surface area (Å²) in [6.45, 7) is 0. The lowest BCUT2D eigenvalue weighted by atomic mass is 10.3. The highest BCUT2D eigenvalue weighted by atomic mass is 19.1. The molecule has 0 saturated heterocycles. The second kappa shape index (κ2) is 5.34. The van der Waals surface area contributed by atoms with Crippen LogP contribution in [-0.4, -0.2) is 12.1 Å². The number of anilines is 1. The molecule has 1 rings (SSSR count). The Hall–Kier alpha value is -2.42. The van der Waals surface area contributed by atoms with Gasteiger partial charge in [0.2, 0.25) is 0 Å². The molecule has 0 aromatic heterocycles. The number of carbonyl (C=O) groups excluding carboxylic acids is 1. The van der Waals surface area contributed by atoms with Crippen molar-refractivity contribution in [2.24, 2.45) is 5.10 Å². The Kier molecular flexibility index (Phi) is 3.79. The quantitative estimate of drug-likeness (QED) is 0.332. The zero-order valence-electron chi connectivity index (χ0n) is 7.57. The van der Waals surface area contributed by atoms with E-state index in [2.05, 4.69) is 10.5 Å². The van der Waals surface area contributed by atoms with Crippen LogP contribution in [0.15, 0.2) is 29.4 Å². The van der Waals surface area contributed by atoms with Crippen molar-refractivity contribution in [2.45, 2.75) is 0 Å². The number of hydrogen-bond acceptors (Lipinski definition) is 4. The molecule has 0 spiro atoms. The van der Waals surface area contributed by atoms with Gasteiger partial charge in [0.1, 0.15) is 12.0 Å². The van der Waals surface area contributed by atoms with Crippen LogP contribution in [0.1, 0.15) is 0 Å². The third-order valence-corrected chi connectivity index (χ3v) is 1.40. The SMILES string of the molecule is N#CNC(=O)/C=N/Nc1ccc(F)cc1. The van der Waals surface area contributed by atoms with E-state index in [0.717, 1.165) is 6.21 Å². The van der Waals surface area contributed by atoms with E-state index in [1.165, 1.54) is 30.5 Å². The maximum absolute atomic E-state index is 12.5. The second-order valence-corrected chi connectivity index (χ2v) is 2.48. The van der Waals surface area contributed by atoms with Gasteiger partial charge in [-0.1, -0.05) is 0 Å². The number of nitrogens with zero attached hydrogens (tertiary/aromatic N) is 2. The van der Waals surface area contributed by atoms with Crippen LogP contribution in [-0.2, 0) is 4.79 Å². The summed E-state index contributed by atoms with van der Waals surface area (Å²) < 4.78 is 12.5. The number of hydrogen-bond donors (Lipinski definition) is 2. The first-order valence-electron chi connectivity index (χ1n) is 3.96. The van der Waals surface area contributed by atoms with Gasteiger partial charge in [0.15, 0.2) is 6.19 Å². The fourth-order valence-corrected chi connectivity index (χ4v) is 0.777. The lowest BCUT2D eigenvalue weighted by Gasteiger charge is -1.97. The van der Waals surface area contributed by atoms with Crippen LogP contribution in [0.4, 0.5) is 10.1 Å². The average molecular weight is 206 g/mol. The van der Waals surface area contributed by atoms with Crippen molar-refractivity contribution in [2.75, 3.05) is 5.43 Å². The van der Waals surface area contributed by atoms with Crippen molar-refractivity contribution >= 4 is 17.8 Å². The van der Waals surface area contributed by atoms with E-state index in [4.69, 9.17) is 5.26 Å². The van der Waals surface area contributed by atoms with Crippen LogP contribution in [0, 0.1) is 17.3 Å². The van der Waals surface area contributed by atoms with Gasteiger partial charge in [-0.05, 0) is 24.3 Å². The molecule has 0 bridgehead atoms. The first-order valence-corrected chi connectivity index (χ1v) is 3.96. The maximum Gasteiger partial charge on any atom is 0.277 e. The Bertz CT molecular complexity index is 407. The normalized spacial score (nSPS) is 9.60. The van der Waals surface area contributed by atoms with Gasteiger partial charge in [-0.3, -0.25) is 15.5 Å². The third-order valence-electron chi connectivity index (χ3n) is 1.40. The molecule has 0 aliphatic carbocycles. The smallest absolute Gasteiger partial charge is 0.277 e. The highest BCUT2D eigenvalue weighted by molar-refractivity contribution is 6.26. The minimum Gasteiger partial charge on any atom is -0.278 e. The summed E-state index contributed by atoms with van der Waals surface area (Å²) in [7, 11) is 0. The molecule has 1 aromatic rings. The highest BCUT2D eigenvalue weighted by Gasteiger charge is 1.93. The molecule has 15 heavy (non-hydrogen) atoms. The lowest BCUT2D eigenvalue weighted by molar-refractivity contribution is -0.113. The van der Waals surface area contributed by atoms with Crippen molar-refractivity contribution in [1.82, 2.24) is 5.32 Å². The molecule has 1 amide bonds. The van der Waals surface area contributed by atoms with Crippen LogP contribution in [0.2, 0.25) is 0 Å². The highest BCUT2D eigenvalue weighted by Crippen LogP contribution is 2.07. The molecule has 0 atom stereocenters. The van der Waals surface area contributed by atoms with E-state index in [1.807, 2.05) is 5.32 Å². The third kappa shape index (κ3) is 3.87. The maximum atomic E-state index is 12.5. The molecule has 0 unspecified atom stereocenters. The summed E-state index contributed by atoms with van der Waals surface area (Å²) >= 11 is 0. The Morgan fingerprint density at radius 3 is 2.73 bits per heavy atom. The molecule has 0 saturated carbocycles. The van der Waals surface area contributed by atoms with Crippen molar-refractivity contribution in [1.29, 1.82) is 5.26 Å². The Labute approximate surface area is 85.2 Å². The molecule has 2 N–H and O–H groups in total. The summed E-state index contributed by atoms with van der Waals surface area (Å²) in [4.78, 5) is 10.7. The van der Waals surface area contributed by atoms with Gasteiger partial charge in [0.25, 0.3) is 5.91 Å². The first-order chi connectivity index (χ1) is 7.22. The van der Waals surface area contributed by atoms with Gasteiger partial charge in [-0.15, -0.1) is 0 Å². The standard InChI is InChI=1S/C9H7FN4O/c10-7-1-3-8(4-2-7)14-13-5-9(15)12-6-11/h1-5,14H,(H,12,15)/b13-5+. The van der Waals surface area contributed by atoms with Crippen LogP contribution in [0.3, 0.4) is 0 Å². The fraction of sp³-hybridized carbons (Fsp3) is 0. The van der Waals surface area contributed by atoms with Crippen LogP contribution < -0.4 is 10.7 Å². The minimum absolute atomic E-state index is 0.355. The van der Waals surface area contributed by atoms with Gasteiger partial charge < -0.3 is 0 Å². The molecule has 1 aromatic carbocycles. The van der Waals surface area contributed by atoms with Crippen LogP contribution >= 0.6 is 0 Å². The molecule has 6 heteroatoms. The largest absolute Gasteiger partial charge is 0.278 e. The molecule has 0 aliphatic rings. The molecule has 0 radical (unpaired) electrons. The van der Waals surface area contributed by atoms with Gasteiger partial charge >= 0.3 is 0 Å². The zero-order valence-corrected chi connectivity index (χ0v) is 7.57. The number of amides is 1. The van der Waals surface area contributed by atoms with Gasteiger partial charge in [-0.2, -0.15) is 10.4 Å². The van der Waals surface area contributed by atoms with E-state index >= 15 is 0 Å². The first kappa shape index (κ1) is 10.7. The molecular formula is C9H7FN4O. The Balaban J connectivity index is 2.47. The van der Waals surface area contributed by atoms with Crippen LogP contribution in [0.5, 0.6) is 0 Å². The van der Waals surface area contributed by atoms with E-state index in [0.29, 0.717) is 5.69 Å². The van der Waals surface area contributed by atoms with Gasteiger partial charge in [0, 0.05) is 0 Å². The Morgan fingerprint density at radius 1 is 1.47 bits per heavy atom. The second-order valence-electron chi connectivity index (χ2n) is 2.48. The number of carbonyl (C=O) groups is 1. The van der Waals surface area contributed by atoms with Gasteiger partial charge in [-0.25, -0.2) is 4.39 Å². The number of hydrazone groups is 1. The predicted molar refractivity (Wildman–Crippen MR) is 52.3 cm³/mol. The fourth-order valence-electron chi connectivity index (χ4n) is 0.777. The monoisotopic (exact) mass is 206 g/mol. The lowest BCUT2D eigenvalue weighted by Crippen LogP contribution is -2.18. The van der Waals surface area contributed by atoms with E-state index < -0.39 is 5.91 Å². The van der Waals surface area contributed by atoms with E-state index in [9.17, 15) is 9.18 Å². The number of rotatable bonds is 3. The van der Waals surface area contributed by atoms with E-state index in [1.54, 1.807) is 0 Å². The van der Waals surface area contributed by atoms with E-state index in [-0.39, 0.29) is 5.82 Å². The minimum atomic E-state index is -0.632. The molecular weight excluding hydrogens is 199 g/mol. The van der Waals surface area contributed by atoms with Crippen molar-refractivity contribution in [3.63, 3.8) is 0 Å².